The van der Waals surface area contributed by atoms with E-state index in [2.05, 4.69) is 26.4 Å². The smallest absolute Gasteiger partial charge is 0.251 e. The van der Waals surface area contributed by atoms with E-state index in [4.69, 9.17) is 5.73 Å². The molecule has 1 aromatic rings. The first-order valence-corrected chi connectivity index (χ1v) is 13.2. The molecule has 0 spiro atoms. The van der Waals surface area contributed by atoms with Crippen LogP contribution in [0.25, 0.3) is 0 Å². The Labute approximate surface area is 207 Å². The van der Waals surface area contributed by atoms with Gasteiger partial charge in [0.25, 0.3) is 5.91 Å². The van der Waals surface area contributed by atoms with Gasteiger partial charge in [0.15, 0.2) is 5.78 Å². The fraction of sp³-hybridized carbons (Fsp3) is 0.792. The number of Topliss-reactive ketones (excluding diaryl/α,β-unsaturated/α-hetero) is 1. The first-order chi connectivity index (χ1) is 17.0. The molecule has 1 saturated heterocycles. The molecule has 2 unspecified atom stereocenters. The number of hydrazine groups is 1. The van der Waals surface area contributed by atoms with Crippen LogP contribution in [0, 0.1) is 0 Å². The van der Waals surface area contributed by atoms with Gasteiger partial charge in [-0.15, -0.1) is 5.10 Å². The van der Waals surface area contributed by atoms with Crippen LogP contribution in [0.3, 0.4) is 0 Å². The summed E-state index contributed by atoms with van der Waals surface area (Å²) in [5.74, 6) is -0.0763. The van der Waals surface area contributed by atoms with Crippen LogP contribution in [-0.2, 0) is 27.3 Å². The number of nitrogens with two attached hydrogens (primary N) is 1. The Balaban J connectivity index is 1.59. The number of hydrogen-bond acceptors (Lipinski definition) is 8. The fourth-order valence-electron chi connectivity index (χ4n) is 4.81. The standard InChI is InChI=1S/C24H42N8O3/c1-26-24(35)20-16-18-17-31(30-28-18)14-8-6-10-19(25)23(34)29-32-15-9-11-21(32)22(33)12-5-3-2-4-7-13-27-20/h17,19-21,27H,2-16,25H2,1H3,(H,26,35)(H,29,34)/t19?,20?,21-/m0/s1. The molecule has 0 radical (unpaired) electrons. The first-order valence-electron chi connectivity index (χ1n) is 13.2. The van der Waals surface area contributed by atoms with E-state index in [1.807, 2.05) is 6.20 Å². The summed E-state index contributed by atoms with van der Waals surface area (Å²) >= 11 is 0. The Morgan fingerprint density at radius 3 is 2.69 bits per heavy atom. The number of amides is 2. The topological polar surface area (TPSA) is 147 Å². The van der Waals surface area contributed by atoms with E-state index in [9.17, 15) is 14.4 Å². The van der Waals surface area contributed by atoms with Crippen molar-refractivity contribution in [3.05, 3.63) is 11.9 Å². The molecule has 2 aliphatic heterocycles. The second kappa shape index (κ2) is 14.3. The van der Waals surface area contributed by atoms with Crippen LogP contribution in [0.5, 0.6) is 0 Å². The molecule has 11 nitrogen and oxygen atoms in total. The highest BCUT2D eigenvalue weighted by atomic mass is 16.2. The third-order valence-corrected chi connectivity index (χ3v) is 6.92. The van der Waals surface area contributed by atoms with Gasteiger partial charge in [-0.1, -0.05) is 24.5 Å². The Morgan fingerprint density at radius 1 is 1.06 bits per heavy atom. The van der Waals surface area contributed by atoms with Crippen LogP contribution in [0.4, 0.5) is 0 Å². The Bertz CT molecular complexity index is 829. The summed E-state index contributed by atoms with van der Waals surface area (Å²) in [5.41, 5.74) is 9.80. The van der Waals surface area contributed by atoms with Crippen molar-refractivity contribution in [2.45, 2.75) is 102 Å². The summed E-state index contributed by atoms with van der Waals surface area (Å²) in [4.78, 5) is 37.7. The maximum atomic E-state index is 12.8. The Kier molecular flexibility index (Phi) is 11.1. The van der Waals surface area contributed by atoms with Crippen molar-refractivity contribution in [1.29, 1.82) is 0 Å². The second-order valence-corrected chi connectivity index (χ2v) is 9.71. The number of nitrogens with one attached hydrogen (secondary N) is 3. The lowest BCUT2D eigenvalue weighted by Gasteiger charge is -2.25. The highest BCUT2D eigenvalue weighted by Crippen LogP contribution is 2.19. The van der Waals surface area contributed by atoms with E-state index in [0.29, 0.717) is 32.4 Å². The minimum absolute atomic E-state index is 0.0585. The molecule has 3 atom stereocenters. The minimum Gasteiger partial charge on any atom is -0.358 e. The van der Waals surface area contributed by atoms with Crippen molar-refractivity contribution in [1.82, 2.24) is 36.1 Å². The maximum Gasteiger partial charge on any atom is 0.251 e. The molecule has 2 bridgehead atoms. The van der Waals surface area contributed by atoms with Crippen molar-refractivity contribution in [2.75, 3.05) is 20.1 Å². The largest absolute Gasteiger partial charge is 0.358 e. The number of carbonyl (C=O) groups excluding carboxylic acids is 3. The molecule has 5 N–H and O–H groups in total. The van der Waals surface area contributed by atoms with Crippen LogP contribution in [0.15, 0.2) is 6.20 Å². The predicted octanol–water partition coefficient (Wildman–Crippen LogP) is 0.441. The lowest BCUT2D eigenvalue weighted by Crippen LogP contribution is -2.53. The normalized spacial score (nSPS) is 27.1. The van der Waals surface area contributed by atoms with E-state index in [1.165, 1.54) is 0 Å². The summed E-state index contributed by atoms with van der Waals surface area (Å²) in [5, 5.41) is 16.3. The number of rotatable bonds is 1. The number of fused-ring (bicyclic) bond motifs is 3. The molecule has 196 valence electrons. The molecular formula is C24H42N8O3. The molecule has 2 amide bonds. The summed E-state index contributed by atoms with van der Waals surface area (Å²) in [7, 11) is 1.64. The van der Waals surface area contributed by atoms with Crippen LogP contribution in [0.1, 0.15) is 76.3 Å². The zero-order valence-corrected chi connectivity index (χ0v) is 21.0. The number of carbonyl (C=O) groups is 3. The van der Waals surface area contributed by atoms with E-state index >= 15 is 0 Å². The molecule has 3 heterocycles. The lowest BCUT2D eigenvalue weighted by atomic mass is 10.0. The first kappa shape index (κ1) is 27.2. The maximum absolute atomic E-state index is 12.8. The van der Waals surface area contributed by atoms with Gasteiger partial charge in [-0.2, -0.15) is 0 Å². The van der Waals surface area contributed by atoms with E-state index in [1.54, 1.807) is 16.7 Å². The molecule has 0 aromatic carbocycles. The average Bonchev–Trinajstić information content (AvgIpc) is 3.50. The molecule has 2 aliphatic rings. The fourth-order valence-corrected chi connectivity index (χ4v) is 4.81. The predicted molar refractivity (Wildman–Crippen MR) is 132 cm³/mol. The third kappa shape index (κ3) is 8.66. The van der Waals surface area contributed by atoms with Crippen molar-refractivity contribution in [2.24, 2.45) is 5.73 Å². The number of aryl methyl sites for hydroxylation is 1. The van der Waals surface area contributed by atoms with Crippen LogP contribution in [0.2, 0.25) is 0 Å². The minimum atomic E-state index is -0.612. The van der Waals surface area contributed by atoms with Crippen molar-refractivity contribution < 1.29 is 14.4 Å². The quantitative estimate of drug-likeness (QED) is 0.443. The molecule has 1 aromatic heterocycles. The van der Waals surface area contributed by atoms with Crippen LogP contribution in [-0.4, -0.2) is 75.9 Å². The monoisotopic (exact) mass is 490 g/mol. The van der Waals surface area contributed by atoms with Gasteiger partial charge < -0.3 is 16.4 Å². The number of ketones is 1. The molecule has 0 saturated carbocycles. The van der Waals surface area contributed by atoms with E-state index in [-0.39, 0.29) is 29.7 Å². The summed E-state index contributed by atoms with van der Waals surface area (Å²) in [6, 6.07) is -1.20. The number of nitrogens with zero attached hydrogens (tertiary/aromatic N) is 4. The Morgan fingerprint density at radius 2 is 1.86 bits per heavy atom. The van der Waals surface area contributed by atoms with Gasteiger partial charge in [0, 0.05) is 39.2 Å². The van der Waals surface area contributed by atoms with E-state index in [0.717, 1.165) is 70.0 Å². The van der Waals surface area contributed by atoms with Gasteiger partial charge in [-0.05, 0) is 51.5 Å². The van der Waals surface area contributed by atoms with Crippen molar-refractivity contribution in [3.8, 4) is 0 Å². The van der Waals surface area contributed by atoms with Gasteiger partial charge in [-0.25, -0.2) is 5.01 Å². The van der Waals surface area contributed by atoms with E-state index < -0.39 is 6.04 Å². The van der Waals surface area contributed by atoms with Crippen molar-refractivity contribution in [3.63, 3.8) is 0 Å². The van der Waals surface area contributed by atoms with Gasteiger partial charge in [0.05, 0.1) is 23.8 Å². The zero-order chi connectivity index (χ0) is 25.0. The second-order valence-electron chi connectivity index (χ2n) is 9.71. The molecule has 1 fully saturated rings. The van der Waals surface area contributed by atoms with Crippen LogP contribution >= 0.6 is 0 Å². The molecule has 11 heteroatoms. The van der Waals surface area contributed by atoms with Crippen LogP contribution < -0.4 is 21.8 Å². The summed E-state index contributed by atoms with van der Waals surface area (Å²) < 4.78 is 1.78. The summed E-state index contributed by atoms with van der Waals surface area (Å²) in [6.45, 7) is 2.11. The van der Waals surface area contributed by atoms with Gasteiger partial charge in [0.1, 0.15) is 0 Å². The number of aromatic nitrogens is 3. The molecule has 0 aliphatic carbocycles. The van der Waals surface area contributed by atoms with Gasteiger partial charge >= 0.3 is 0 Å². The molecular weight excluding hydrogens is 448 g/mol. The molecule has 3 rings (SSSR count). The Hall–Kier alpha value is -2.37. The lowest BCUT2D eigenvalue weighted by molar-refractivity contribution is -0.131. The highest BCUT2D eigenvalue weighted by molar-refractivity contribution is 5.85. The zero-order valence-electron chi connectivity index (χ0n) is 21.0. The highest BCUT2D eigenvalue weighted by Gasteiger charge is 2.32. The van der Waals surface area contributed by atoms with Gasteiger partial charge in [-0.3, -0.25) is 24.5 Å². The van der Waals surface area contributed by atoms with Crippen molar-refractivity contribution >= 4 is 17.6 Å². The summed E-state index contributed by atoms with van der Waals surface area (Å²) in [6.07, 6.45) is 11.6. The number of likely N-dealkylation sites (N-methyl/N-ethyl adjacent to an activating group) is 1. The third-order valence-electron chi connectivity index (χ3n) is 6.92. The average molecular weight is 491 g/mol. The SMILES string of the molecule is CNC(=O)C1Cc2cn(nn2)CCCCC(N)C(=O)NN2CCC[C@H]2C(=O)CCCCCCCN1. The number of hydrogen-bond donors (Lipinski definition) is 4. The molecule has 35 heavy (non-hydrogen) atoms. The van der Waals surface area contributed by atoms with Gasteiger partial charge in [0.2, 0.25) is 5.91 Å².